The maximum absolute atomic E-state index is 12.5. The van der Waals surface area contributed by atoms with E-state index in [1.807, 2.05) is 10.8 Å². The molecule has 180 valence electrons. The minimum atomic E-state index is -0.475. The molecule has 1 aromatic carbocycles. The lowest BCUT2D eigenvalue weighted by Gasteiger charge is -2.56. The van der Waals surface area contributed by atoms with Crippen molar-refractivity contribution >= 4 is 5.97 Å². The van der Waals surface area contributed by atoms with Crippen LogP contribution in [0.4, 0.5) is 0 Å². The smallest absolute Gasteiger partial charge is 0.341 e. The highest BCUT2D eigenvalue weighted by Gasteiger charge is 2.51. The Kier molecular flexibility index (Phi) is 5.45. The molecule has 0 radical (unpaired) electrons. The normalized spacial score (nSPS) is 26.4. The summed E-state index contributed by atoms with van der Waals surface area (Å²) < 4.78 is 7.01. The van der Waals surface area contributed by atoms with Crippen LogP contribution >= 0.6 is 0 Å². The first-order valence-corrected chi connectivity index (χ1v) is 12.5. The fraction of sp³-hybridized carbons (Fsp3) is 0.536. The molecule has 0 bridgehead atoms. The van der Waals surface area contributed by atoms with Crippen molar-refractivity contribution in [3.05, 3.63) is 63.2 Å². The minimum Gasteiger partial charge on any atom is -0.465 e. The molecule has 4 aliphatic rings. The van der Waals surface area contributed by atoms with E-state index in [4.69, 9.17) is 4.74 Å². The molecule has 2 aliphatic carbocycles. The van der Waals surface area contributed by atoms with Gasteiger partial charge in [0.15, 0.2) is 0 Å². The quantitative estimate of drug-likeness (QED) is 0.535. The van der Waals surface area contributed by atoms with Gasteiger partial charge in [0.05, 0.1) is 12.7 Å². The minimum absolute atomic E-state index is 0.0416. The molecule has 6 heteroatoms. The maximum atomic E-state index is 12.5. The second-order valence-electron chi connectivity index (χ2n) is 11.2. The highest BCUT2D eigenvalue weighted by Crippen LogP contribution is 2.58. The Morgan fingerprint density at radius 3 is 2.79 bits per heavy atom. The number of carbonyl (C=O) groups is 1. The Morgan fingerprint density at radius 1 is 1.26 bits per heavy atom. The summed E-state index contributed by atoms with van der Waals surface area (Å²) in [5, 5.41) is 6.55. The monoisotopic (exact) mass is 461 g/mol. The summed E-state index contributed by atoms with van der Waals surface area (Å²) in [7, 11) is 1.36. The number of nitrogens with one attached hydrogen (secondary N) is 1. The van der Waals surface area contributed by atoms with Crippen LogP contribution in [-0.4, -0.2) is 27.8 Å². The average Bonchev–Trinajstić information content (AvgIpc) is 3.18. The molecule has 0 spiro atoms. The van der Waals surface area contributed by atoms with E-state index in [1.165, 1.54) is 36.6 Å². The Labute approximate surface area is 201 Å². The Balaban J connectivity index is 1.54. The predicted octanol–water partition coefficient (Wildman–Crippen LogP) is 5.30. The van der Waals surface area contributed by atoms with Gasteiger partial charge in [0.25, 0.3) is 5.56 Å². The van der Waals surface area contributed by atoms with Crippen LogP contribution in [0.25, 0.3) is 11.3 Å². The highest BCUT2D eigenvalue weighted by molar-refractivity contribution is 5.95. The van der Waals surface area contributed by atoms with E-state index in [9.17, 15) is 9.59 Å². The van der Waals surface area contributed by atoms with Crippen LogP contribution in [0.1, 0.15) is 86.3 Å². The van der Waals surface area contributed by atoms with Crippen LogP contribution in [0.5, 0.6) is 0 Å². The third-order valence-corrected chi connectivity index (χ3v) is 8.73. The molecule has 6 nitrogen and oxygen atoms in total. The summed E-state index contributed by atoms with van der Waals surface area (Å²) in [6, 6.07) is 7.16. The molecule has 34 heavy (non-hydrogen) atoms. The second kappa shape index (κ2) is 8.10. The molecule has 1 aromatic rings. The number of nitrogens with zero attached hydrogens (tertiary/aromatic N) is 2. The summed E-state index contributed by atoms with van der Waals surface area (Å²) in [6.45, 7) is 10.1. The van der Waals surface area contributed by atoms with Gasteiger partial charge in [-0.15, -0.1) is 0 Å². The van der Waals surface area contributed by atoms with Crippen molar-refractivity contribution in [2.45, 2.75) is 77.7 Å². The first-order valence-electron chi connectivity index (χ1n) is 12.5. The van der Waals surface area contributed by atoms with Gasteiger partial charge in [-0.1, -0.05) is 52.3 Å². The molecular formula is C28H35N3O3. The molecule has 0 aromatic heterocycles. The zero-order valence-corrected chi connectivity index (χ0v) is 20.9. The number of aromatic amines is 1. The van der Waals surface area contributed by atoms with Crippen molar-refractivity contribution < 1.29 is 9.53 Å². The number of ether oxygens (including phenoxy) is 1. The average molecular weight is 462 g/mol. The predicted molar refractivity (Wildman–Crippen MR) is 132 cm³/mol. The maximum Gasteiger partial charge on any atom is 0.341 e. The molecular weight excluding hydrogens is 426 g/mol. The lowest BCUT2D eigenvalue weighted by atomic mass is 9.49. The van der Waals surface area contributed by atoms with Crippen molar-refractivity contribution in [1.82, 2.24) is 14.8 Å². The number of hydrogen-bond donors (Lipinski definition) is 1. The number of pyridine rings is 1. The van der Waals surface area contributed by atoms with Gasteiger partial charge in [0.2, 0.25) is 0 Å². The fourth-order valence-corrected chi connectivity index (χ4v) is 7.05. The van der Waals surface area contributed by atoms with Crippen LogP contribution in [-0.2, 0) is 23.1 Å². The number of methoxy groups -OCH3 is 1. The number of aryl methyl sites for hydroxylation is 1. The van der Waals surface area contributed by atoms with Crippen molar-refractivity contribution in [3.8, 4) is 11.3 Å². The van der Waals surface area contributed by atoms with Gasteiger partial charge < -0.3 is 9.30 Å². The lowest BCUT2D eigenvalue weighted by molar-refractivity contribution is 0.0117. The number of H-pyrrole nitrogens is 1. The van der Waals surface area contributed by atoms with Gasteiger partial charge in [-0.05, 0) is 65.0 Å². The van der Waals surface area contributed by atoms with Gasteiger partial charge in [0, 0.05) is 18.9 Å². The first kappa shape index (κ1) is 22.9. The first-order chi connectivity index (χ1) is 16.2. The molecule has 5 rings (SSSR count). The molecule has 3 atom stereocenters. The molecule has 1 N–H and O–H groups in total. The standard InChI is InChI=1S/C28H35N3O3/c1-17(2)18-7-9-22-19(13-18)8-10-23-27(3,11-6-12-28(22,23)4)16-31-14-20-24(29-30-25(20)32)21(15-31)26(33)34-5/h7,9,13-15,17,23H,6,8,10-12,16H2,1-5H3,(H,30,32)/t23-,27-,28+/m1/s1. The number of carbonyl (C=O) groups excluding carboxylic acids is 1. The zero-order chi connectivity index (χ0) is 24.3. The van der Waals surface area contributed by atoms with Crippen molar-refractivity contribution in [2.24, 2.45) is 11.3 Å². The number of benzene rings is 1. The van der Waals surface area contributed by atoms with Crippen molar-refractivity contribution in [1.29, 1.82) is 0 Å². The largest absolute Gasteiger partial charge is 0.465 e. The Bertz CT molecular complexity index is 1270. The third kappa shape index (κ3) is 3.50. The zero-order valence-electron chi connectivity index (χ0n) is 20.9. The van der Waals surface area contributed by atoms with Gasteiger partial charge in [-0.25, -0.2) is 9.89 Å². The van der Waals surface area contributed by atoms with Crippen molar-refractivity contribution in [3.63, 3.8) is 0 Å². The van der Waals surface area contributed by atoms with Crippen LogP contribution in [0, 0.1) is 11.3 Å². The van der Waals surface area contributed by atoms with Crippen molar-refractivity contribution in [2.75, 3.05) is 7.11 Å². The molecule has 0 saturated heterocycles. The van der Waals surface area contributed by atoms with E-state index in [2.05, 4.69) is 56.1 Å². The molecule has 0 amide bonds. The SMILES string of the molecule is COC(=O)c1cn(C[C@@]2(C)CCC[C@@]3(C)c4ccc(C(C)C)cc4CC[C@H]23)cc2c(=O)[nH]nc1-2. The van der Waals surface area contributed by atoms with Gasteiger partial charge in [-0.2, -0.15) is 5.10 Å². The number of esters is 1. The highest BCUT2D eigenvalue weighted by atomic mass is 16.5. The number of hydrogen-bond acceptors (Lipinski definition) is 4. The number of fused-ring (bicyclic) bond motifs is 4. The molecule has 2 aliphatic heterocycles. The number of aromatic nitrogens is 3. The van der Waals surface area contributed by atoms with Crippen LogP contribution in [0.3, 0.4) is 0 Å². The molecule has 2 heterocycles. The molecule has 1 saturated carbocycles. The van der Waals surface area contributed by atoms with Crippen LogP contribution in [0.15, 0.2) is 35.4 Å². The van der Waals surface area contributed by atoms with E-state index in [0.717, 1.165) is 25.8 Å². The van der Waals surface area contributed by atoms with E-state index in [-0.39, 0.29) is 16.4 Å². The summed E-state index contributed by atoms with van der Waals surface area (Å²) in [5.41, 5.74) is 5.49. The Morgan fingerprint density at radius 2 is 2.06 bits per heavy atom. The lowest BCUT2D eigenvalue weighted by Crippen LogP contribution is -2.50. The summed E-state index contributed by atoms with van der Waals surface area (Å²) in [4.78, 5) is 24.8. The molecule has 1 fully saturated rings. The van der Waals surface area contributed by atoms with E-state index in [0.29, 0.717) is 28.7 Å². The van der Waals surface area contributed by atoms with E-state index >= 15 is 0 Å². The van der Waals surface area contributed by atoms with Gasteiger partial charge in [-0.3, -0.25) is 4.79 Å². The fourth-order valence-electron chi connectivity index (χ4n) is 7.05. The second-order valence-corrected chi connectivity index (χ2v) is 11.2. The van der Waals surface area contributed by atoms with E-state index < -0.39 is 5.97 Å². The summed E-state index contributed by atoms with van der Waals surface area (Å²) in [6.07, 6.45) is 9.40. The third-order valence-electron chi connectivity index (χ3n) is 8.73. The number of rotatable bonds is 4. The summed E-state index contributed by atoms with van der Waals surface area (Å²) in [5.74, 6) is 0.584. The van der Waals surface area contributed by atoms with Gasteiger partial charge >= 0.3 is 5.97 Å². The topological polar surface area (TPSA) is 77.0 Å². The summed E-state index contributed by atoms with van der Waals surface area (Å²) >= 11 is 0. The van der Waals surface area contributed by atoms with Gasteiger partial charge in [0.1, 0.15) is 11.3 Å². The van der Waals surface area contributed by atoms with E-state index in [1.54, 1.807) is 6.20 Å². The van der Waals surface area contributed by atoms with Crippen LogP contribution in [0.2, 0.25) is 0 Å². The Hall–Kier alpha value is -2.89. The van der Waals surface area contributed by atoms with Crippen LogP contribution < -0.4 is 5.56 Å². The molecule has 0 unspecified atom stereocenters.